The van der Waals surface area contributed by atoms with Gasteiger partial charge in [-0.05, 0) is 54.0 Å². The Hall–Kier alpha value is -0.130. The van der Waals surface area contributed by atoms with Crippen LogP contribution in [-0.2, 0) is 9.47 Å². The Labute approximate surface area is 122 Å². The molecule has 2 aliphatic rings. The van der Waals surface area contributed by atoms with Gasteiger partial charge in [0.2, 0.25) is 0 Å². The minimum atomic E-state index is -0.290. The lowest BCUT2D eigenvalue weighted by Gasteiger charge is -2.32. The molecule has 0 aromatic heterocycles. The van der Waals surface area contributed by atoms with E-state index in [1.807, 2.05) is 0 Å². The fourth-order valence-electron chi connectivity index (χ4n) is 3.10. The van der Waals surface area contributed by atoms with E-state index in [1.54, 1.807) is 0 Å². The average molecular weight is 358 g/mol. The molecule has 1 aromatic carbocycles. The average Bonchev–Trinajstić information content (AvgIpc) is 2.67. The van der Waals surface area contributed by atoms with Gasteiger partial charge in [-0.1, -0.05) is 24.6 Å². The SMILES string of the molecule is C[C@@H]1OC2(CCCCC2)O[C@@H]1c1ccccc1I. The first-order chi connectivity index (χ1) is 8.70. The number of halogens is 1. The van der Waals surface area contributed by atoms with Gasteiger partial charge in [0, 0.05) is 16.4 Å². The molecule has 2 atom stereocenters. The summed E-state index contributed by atoms with van der Waals surface area (Å²) in [6, 6.07) is 8.45. The van der Waals surface area contributed by atoms with E-state index in [9.17, 15) is 0 Å². The van der Waals surface area contributed by atoms with Crippen molar-refractivity contribution < 1.29 is 9.47 Å². The van der Waals surface area contributed by atoms with Crippen LogP contribution in [0, 0.1) is 3.57 Å². The first-order valence-electron chi connectivity index (χ1n) is 6.80. The number of hydrogen-bond donors (Lipinski definition) is 0. The molecule has 1 saturated heterocycles. The maximum absolute atomic E-state index is 6.34. The molecule has 0 N–H and O–H groups in total. The summed E-state index contributed by atoms with van der Waals surface area (Å²) < 4.78 is 13.8. The van der Waals surface area contributed by atoms with E-state index in [1.165, 1.54) is 28.4 Å². The van der Waals surface area contributed by atoms with E-state index in [0.29, 0.717) is 0 Å². The van der Waals surface area contributed by atoms with Crippen LogP contribution in [0.2, 0.25) is 0 Å². The molecule has 3 rings (SSSR count). The summed E-state index contributed by atoms with van der Waals surface area (Å²) in [4.78, 5) is 0. The van der Waals surface area contributed by atoms with Gasteiger partial charge in [-0.25, -0.2) is 0 Å². The fourth-order valence-corrected chi connectivity index (χ4v) is 3.80. The third kappa shape index (κ3) is 2.32. The van der Waals surface area contributed by atoms with Gasteiger partial charge in [0.1, 0.15) is 6.10 Å². The minimum Gasteiger partial charge on any atom is -0.344 e. The molecule has 1 saturated carbocycles. The number of benzene rings is 1. The van der Waals surface area contributed by atoms with Crippen LogP contribution in [0.15, 0.2) is 24.3 Å². The predicted octanol–water partition coefficient (Wildman–Crippen LogP) is 4.43. The van der Waals surface area contributed by atoms with Crippen LogP contribution in [0.4, 0.5) is 0 Å². The number of rotatable bonds is 1. The van der Waals surface area contributed by atoms with E-state index in [-0.39, 0.29) is 18.0 Å². The largest absolute Gasteiger partial charge is 0.344 e. The Bertz CT molecular complexity index is 426. The maximum atomic E-state index is 6.34. The Morgan fingerprint density at radius 1 is 1.11 bits per heavy atom. The normalized spacial score (nSPS) is 30.8. The molecule has 3 heteroatoms. The van der Waals surface area contributed by atoms with E-state index in [2.05, 4.69) is 53.8 Å². The van der Waals surface area contributed by atoms with Gasteiger partial charge in [-0.15, -0.1) is 0 Å². The Morgan fingerprint density at radius 3 is 2.56 bits per heavy atom. The summed E-state index contributed by atoms with van der Waals surface area (Å²) in [6.45, 7) is 2.14. The van der Waals surface area contributed by atoms with Crippen LogP contribution in [0.25, 0.3) is 0 Å². The van der Waals surface area contributed by atoms with Crippen molar-refractivity contribution >= 4 is 22.6 Å². The third-order valence-corrected chi connectivity index (χ3v) is 4.98. The lowest BCUT2D eigenvalue weighted by Crippen LogP contribution is -2.33. The summed E-state index contributed by atoms with van der Waals surface area (Å²) in [5.41, 5.74) is 1.27. The monoisotopic (exact) mass is 358 g/mol. The lowest BCUT2D eigenvalue weighted by atomic mass is 9.94. The van der Waals surface area contributed by atoms with E-state index in [4.69, 9.17) is 9.47 Å². The van der Waals surface area contributed by atoms with Crippen LogP contribution < -0.4 is 0 Å². The predicted molar refractivity (Wildman–Crippen MR) is 79.3 cm³/mol. The zero-order chi connectivity index (χ0) is 12.6. The summed E-state index contributed by atoms with van der Waals surface area (Å²) in [6.07, 6.45) is 6.12. The second-order valence-electron chi connectivity index (χ2n) is 5.35. The van der Waals surface area contributed by atoms with E-state index < -0.39 is 0 Å². The van der Waals surface area contributed by atoms with Crippen molar-refractivity contribution in [1.29, 1.82) is 0 Å². The van der Waals surface area contributed by atoms with Crippen LogP contribution in [0.1, 0.15) is 50.7 Å². The van der Waals surface area contributed by atoms with Crippen LogP contribution in [0.5, 0.6) is 0 Å². The molecular formula is C15H19IO2. The molecule has 0 radical (unpaired) electrons. The molecule has 18 heavy (non-hydrogen) atoms. The highest BCUT2D eigenvalue weighted by molar-refractivity contribution is 14.1. The first-order valence-corrected chi connectivity index (χ1v) is 7.88. The molecule has 0 amide bonds. The molecular weight excluding hydrogens is 339 g/mol. The molecule has 98 valence electrons. The van der Waals surface area contributed by atoms with Crippen molar-refractivity contribution in [2.24, 2.45) is 0 Å². The van der Waals surface area contributed by atoms with Gasteiger partial charge in [0.25, 0.3) is 0 Å². The van der Waals surface area contributed by atoms with Gasteiger partial charge in [0.05, 0.1) is 6.10 Å². The fraction of sp³-hybridized carbons (Fsp3) is 0.600. The topological polar surface area (TPSA) is 18.5 Å². The summed E-state index contributed by atoms with van der Waals surface area (Å²) in [7, 11) is 0. The molecule has 1 spiro atoms. The quantitative estimate of drug-likeness (QED) is 0.692. The zero-order valence-corrected chi connectivity index (χ0v) is 12.9. The molecule has 2 nitrogen and oxygen atoms in total. The van der Waals surface area contributed by atoms with Crippen molar-refractivity contribution in [1.82, 2.24) is 0 Å². The van der Waals surface area contributed by atoms with Crippen molar-refractivity contribution in [3.05, 3.63) is 33.4 Å². The minimum absolute atomic E-state index is 0.0937. The molecule has 0 bridgehead atoms. The first kappa shape index (κ1) is 12.9. The van der Waals surface area contributed by atoms with Crippen LogP contribution >= 0.6 is 22.6 Å². The van der Waals surface area contributed by atoms with E-state index in [0.717, 1.165) is 12.8 Å². The van der Waals surface area contributed by atoms with Crippen molar-refractivity contribution in [2.75, 3.05) is 0 Å². The molecule has 1 aliphatic carbocycles. The van der Waals surface area contributed by atoms with Gasteiger partial charge in [0.15, 0.2) is 5.79 Å². The summed E-state index contributed by atoms with van der Waals surface area (Å²) >= 11 is 2.38. The smallest absolute Gasteiger partial charge is 0.169 e. The van der Waals surface area contributed by atoms with Crippen molar-refractivity contribution in [3.8, 4) is 0 Å². The highest BCUT2D eigenvalue weighted by Gasteiger charge is 2.46. The summed E-state index contributed by atoms with van der Waals surface area (Å²) in [5.74, 6) is -0.290. The van der Waals surface area contributed by atoms with E-state index >= 15 is 0 Å². The van der Waals surface area contributed by atoms with Gasteiger partial charge < -0.3 is 9.47 Å². The molecule has 0 unspecified atom stereocenters. The standard InChI is InChI=1S/C15H19IO2/c1-11-14(12-7-3-4-8-13(12)16)18-15(17-11)9-5-2-6-10-15/h3-4,7-8,11,14H,2,5-6,9-10H2,1H3/t11-,14-/m0/s1. The molecule has 2 fully saturated rings. The summed E-state index contributed by atoms with van der Waals surface area (Å²) in [5, 5.41) is 0. The van der Waals surface area contributed by atoms with Crippen molar-refractivity contribution in [2.45, 2.75) is 57.0 Å². The Balaban J connectivity index is 1.84. The molecule has 1 aromatic rings. The highest BCUT2D eigenvalue weighted by Crippen LogP contribution is 2.46. The van der Waals surface area contributed by atoms with Gasteiger partial charge in [-0.2, -0.15) is 0 Å². The molecule has 1 aliphatic heterocycles. The molecule has 1 heterocycles. The Kier molecular flexibility index (Phi) is 3.65. The zero-order valence-electron chi connectivity index (χ0n) is 10.7. The van der Waals surface area contributed by atoms with Crippen LogP contribution in [-0.4, -0.2) is 11.9 Å². The Morgan fingerprint density at radius 2 is 1.83 bits per heavy atom. The number of hydrogen-bond acceptors (Lipinski definition) is 2. The maximum Gasteiger partial charge on any atom is 0.169 e. The third-order valence-electron chi connectivity index (χ3n) is 4.00. The second kappa shape index (κ2) is 5.10. The highest BCUT2D eigenvalue weighted by atomic mass is 127. The lowest BCUT2D eigenvalue weighted by molar-refractivity contribution is -0.193. The van der Waals surface area contributed by atoms with Gasteiger partial charge in [-0.3, -0.25) is 0 Å². The van der Waals surface area contributed by atoms with Gasteiger partial charge >= 0.3 is 0 Å². The van der Waals surface area contributed by atoms with Crippen LogP contribution in [0.3, 0.4) is 0 Å². The number of ether oxygens (including phenoxy) is 2. The second-order valence-corrected chi connectivity index (χ2v) is 6.52. The van der Waals surface area contributed by atoms with Crippen molar-refractivity contribution in [3.63, 3.8) is 0 Å².